The predicted molar refractivity (Wildman–Crippen MR) is 75.6 cm³/mol. The standard InChI is InChI=1S/C13H14F4INO/c14-12-8(7-18)5-9(13(15,16)17)6-11(12)20-10-1-3-19-4-2-10/h5-6,10,19H,1-4,7H2. The highest BCUT2D eigenvalue weighted by atomic mass is 127. The van der Waals surface area contributed by atoms with Crippen molar-refractivity contribution in [3.63, 3.8) is 0 Å². The van der Waals surface area contributed by atoms with Gasteiger partial charge >= 0.3 is 6.18 Å². The van der Waals surface area contributed by atoms with Gasteiger partial charge in [0.2, 0.25) is 0 Å². The zero-order valence-electron chi connectivity index (χ0n) is 10.6. The van der Waals surface area contributed by atoms with E-state index in [1.165, 1.54) is 0 Å². The maximum atomic E-state index is 14.1. The van der Waals surface area contributed by atoms with Gasteiger partial charge in [0.15, 0.2) is 11.6 Å². The minimum atomic E-state index is -4.50. The smallest absolute Gasteiger partial charge is 0.416 e. The summed E-state index contributed by atoms with van der Waals surface area (Å²) in [6.07, 6.45) is -3.42. The number of halogens is 5. The van der Waals surface area contributed by atoms with Crippen LogP contribution in [0.25, 0.3) is 0 Å². The van der Waals surface area contributed by atoms with E-state index in [-0.39, 0.29) is 21.8 Å². The Morgan fingerprint density at radius 3 is 2.45 bits per heavy atom. The third-order valence-corrected chi connectivity index (χ3v) is 3.99. The number of hydrogen-bond acceptors (Lipinski definition) is 2. The number of ether oxygens (including phenoxy) is 1. The largest absolute Gasteiger partial charge is 0.487 e. The third kappa shape index (κ3) is 3.75. The molecule has 1 fully saturated rings. The van der Waals surface area contributed by atoms with Gasteiger partial charge in [-0.15, -0.1) is 0 Å². The van der Waals surface area contributed by atoms with Crippen LogP contribution in [0.4, 0.5) is 17.6 Å². The van der Waals surface area contributed by atoms with E-state index in [0.717, 1.165) is 25.2 Å². The quantitative estimate of drug-likeness (QED) is 0.470. The molecule has 20 heavy (non-hydrogen) atoms. The lowest BCUT2D eigenvalue weighted by molar-refractivity contribution is -0.137. The minimum absolute atomic E-state index is 0.0179. The number of hydrogen-bond donors (Lipinski definition) is 1. The molecule has 7 heteroatoms. The van der Waals surface area contributed by atoms with E-state index in [2.05, 4.69) is 5.32 Å². The summed E-state index contributed by atoms with van der Waals surface area (Å²) in [6.45, 7) is 1.45. The van der Waals surface area contributed by atoms with Gasteiger partial charge in [-0.25, -0.2) is 4.39 Å². The Bertz CT molecular complexity index is 472. The van der Waals surface area contributed by atoms with Gasteiger partial charge in [0.05, 0.1) is 5.56 Å². The van der Waals surface area contributed by atoms with Crippen molar-refractivity contribution in [3.8, 4) is 5.75 Å². The van der Waals surface area contributed by atoms with Gasteiger partial charge in [-0.2, -0.15) is 13.2 Å². The second kappa shape index (κ2) is 6.46. The van der Waals surface area contributed by atoms with Crippen LogP contribution in [-0.4, -0.2) is 19.2 Å². The SMILES string of the molecule is Fc1c(CI)cc(C(F)(F)F)cc1OC1CCNCC1. The normalized spacial score (nSPS) is 17.2. The van der Waals surface area contributed by atoms with Crippen molar-refractivity contribution in [2.75, 3.05) is 13.1 Å². The Morgan fingerprint density at radius 1 is 1.25 bits per heavy atom. The summed E-state index contributed by atoms with van der Waals surface area (Å²) in [5.74, 6) is -0.982. The molecule has 1 heterocycles. The molecule has 112 valence electrons. The molecular weight excluding hydrogens is 389 g/mol. The average molecular weight is 403 g/mol. The zero-order valence-corrected chi connectivity index (χ0v) is 12.7. The highest BCUT2D eigenvalue weighted by molar-refractivity contribution is 14.1. The molecule has 2 rings (SSSR count). The van der Waals surface area contributed by atoms with E-state index in [1.807, 2.05) is 22.6 Å². The molecule has 1 saturated heterocycles. The number of benzene rings is 1. The number of nitrogens with one attached hydrogen (secondary N) is 1. The highest BCUT2D eigenvalue weighted by Crippen LogP contribution is 2.35. The Kier molecular flexibility index (Phi) is 5.11. The molecular formula is C13H14F4INO. The van der Waals surface area contributed by atoms with Gasteiger partial charge in [-0.3, -0.25) is 0 Å². The highest BCUT2D eigenvalue weighted by Gasteiger charge is 2.33. The minimum Gasteiger partial charge on any atom is -0.487 e. The summed E-state index contributed by atoms with van der Waals surface area (Å²) >= 11 is 1.84. The van der Waals surface area contributed by atoms with Gasteiger partial charge in [0.1, 0.15) is 6.10 Å². The van der Waals surface area contributed by atoms with Crippen LogP contribution in [0, 0.1) is 5.82 Å². The fraction of sp³-hybridized carbons (Fsp3) is 0.538. The second-order valence-corrected chi connectivity index (χ2v) is 5.41. The lowest BCUT2D eigenvalue weighted by Gasteiger charge is -2.25. The van der Waals surface area contributed by atoms with Crippen LogP contribution >= 0.6 is 22.6 Å². The zero-order chi connectivity index (χ0) is 14.8. The summed E-state index contributed by atoms with van der Waals surface area (Å²) in [7, 11) is 0. The predicted octanol–water partition coefficient (Wildman–Crippen LogP) is 3.91. The van der Waals surface area contributed by atoms with E-state index >= 15 is 0 Å². The van der Waals surface area contributed by atoms with Crippen molar-refractivity contribution < 1.29 is 22.3 Å². The Morgan fingerprint density at radius 2 is 1.90 bits per heavy atom. The molecule has 1 aromatic rings. The molecule has 0 spiro atoms. The topological polar surface area (TPSA) is 21.3 Å². The van der Waals surface area contributed by atoms with Crippen molar-refractivity contribution in [2.24, 2.45) is 0 Å². The van der Waals surface area contributed by atoms with Crippen molar-refractivity contribution in [1.82, 2.24) is 5.32 Å². The summed E-state index contributed by atoms with van der Waals surface area (Å²) < 4.78 is 58.1. The lowest BCUT2D eigenvalue weighted by Crippen LogP contribution is -2.34. The average Bonchev–Trinajstić information content (AvgIpc) is 2.41. The summed E-state index contributed by atoms with van der Waals surface area (Å²) in [5.41, 5.74) is -0.848. The van der Waals surface area contributed by atoms with Crippen molar-refractivity contribution in [2.45, 2.75) is 29.5 Å². The molecule has 0 unspecified atom stereocenters. The lowest BCUT2D eigenvalue weighted by atomic mass is 10.1. The first kappa shape index (κ1) is 15.8. The molecule has 0 aromatic heterocycles. The van der Waals surface area contributed by atoms with E-state index < -0.39 is 17.6 Å². The van der Waals surface area contributed by atoms with Crippen molar-refractivity contribution >= 4 is 22.6 Å². The number of alkyl halides is 4. The van der Waals surface area contributed by atoms with Gasteiger partial charge in [-0.1, -0.05) is 22.6 Å². The molecule has 1 aliphatic rings. The molecule has 0 radical (unpaired) electrons. The monoisotopic (exact) mass is 403 g/mol. The van der Waals surface area contributed by atoms with Crippen LogP contribution in [0.5, 0.6) is 5.75 Å². The van der Waals surface area contributed by atoms with E-state index in [0.29, 0.717) is 12.8 Å². The van der Waals surface area contributed by atoms with Gasteiger partial charge in [0, 0.05) is 9.99 Å². The van der Waals surface area contributed by atoms with E-state index in [1.54, 1.807) is 0 Å². The fourth-order valence-electron chi connectivity index (χ4n) is 2.10. The molecule has 1 aliphatic heterocycles. The first-order valence-corrected chi connectivity index (χ1v) is 7.77. The number of rotatable bonds is 3. The third-order valence-electron chi connectivity index (χ3n) is 3.17. The molecule has 0 saturated carbocycles. The Balaban J connectivity index is 2.30. The number of piperidine rings is 1. The van der Waals surface area contributed by atoms with E-state index in [4.69, 9.17) is 4.74 Å². The molecule has 1 N–H and O–H groups in total. The maximum absolute atomic E-state index is 14.1. The Hall–Kier alpha value is -0.570. The van der Waals surface area contributed by atoms with Crippen LogP contribution in [0.2, 0.25) is 0 Å². The molecule has 0 bridgehead atoms. The van der Waals surface area contributed by atoms with Crippen LogP contribution in [0.3, 0.4) is 0 Å². The molecule has 0 atom stereocenters. The van der Waals surface area contributed by atoms with Gasteiger partial charge in [-0.05, 0) is 38.1 Å². The van der Waals surface area contributed by atoms with Crippen LogP contribution in [-0.2, 0) is 10.6 Å². The van der Waals surface area contributed by atoms with E-state index in [9.17, 15) is 17.6 Å². The Labute approximate surface area is 128 Å². The maximum Gasteiger partial charge on any atom is 0.416 e. The summed E-state index contributed by atoms with van der Waals surface area (Å²) in [6, 6.07) is 1.60. The van der Waals surface area contributed by atoms with Gasteiger partial charge < -0.3 is 10.1 Å². The molecule has 2 nitrogen and oxygen atoms in total. The molecule has 0 aliphatic carbocycles. The first-order valence-electron chi connectivity index (χ1n) is 6.24. The fourth-order valence-corrected chi connectivity index (χ4v) is 2.65. The van der Waals surface area contributed by atoms with Crippen LogP contribution in [0.15, 0.2) is 12.1 Å². The van der Waals surface area contributed by atoms with Crippen LogP contribution < -0.4 is 10.1 Å². The van der Waals surface area contributed by atoms with Crippen molar-refractivity contribution in [3.05, 3.63) is 29.1 Å². The van der Waals surface area contributed by atoms with Crippen molar-refractivity contribution in [1.29, 1.82) is 0 Å². The second-order valence-electron chi connectivity index (χ2n) is 4.65. The van der Waals surface area contributed by atoms with Gasteiger partial charge in [0.25, 0.3) is 0 Å². The summed E-state index contributed by atoms with van der Waals surface area (Å²) in [5, 5.41) is 3.12. The summed E-state index contributed by atoms with van der Waals surface area (Å²) in [4.78, 5) is 0. The first-order chi connectivity index (χ1) is 9.41. The van der Waals surface area contributed by atoms with Crippen LogP contribution in [0.1, 0.15) is 24.0 Å². The molecule has 1 aromatic carbocycles. The molecule has 0 amide bonds.